The topological polar surface area (TPSA) is 95.5 Å². The predicted molar refractivity (Wildman–Crippen MR) is 99.4 cm³/mol. The van der Waals surface area contributed by atoms with Gasteiger partial charge in [0.2, 0.25) is 0 Å². The zero-order chi connectivity index (χ0) is 17.8. The van der Waals surface area contributed by atoms with Crippen molar-refractivity contribution in [2.24, 2.45) is 0 Å². The number of hydrogen-bond donors (Lipinski definition) is 3. The first-order chi connectivity index (χ1) is 11.4. The van der Waals surface area contributed by atoms with E-state index in [1.54, 1.807) is 6.07 Å². The van der Waals surface area contributed by atoms with Crippen molar-refractivity contribution in [3.63, 3.8) is 0 Å². The van der Waals surface area contributed by atoms with Gasteiger partial charge in [0.05, 0.1) is 4.90 Å². The van der Waals surface area contributed by atoms with Gasteiger partial charge in [-0.25, -0.2) is 4.79 Å². The lowest BCUT2D eigenvalue weighted by Gasteiger charge is -2.08. The van der Waals surface area contributed by atoms with Gasteiger partial charge in [-0.3, -0.25) is 4.55 Å². The van der Waals surface area contributed by atoms with E-state index in [4.69, 9.17) is 4.55 Å². The van der Waals surface area contributed by atoms with Crippen LogP contribution in [0.3, 0.4) is 0 Å². The Morgan fingerprint density at radius 2 is 1.92 bits per heavy atom. The molecule has 3 N–H and O–H groups in total. The van der Waals surface area contributed by atoms with Gasteiger partial charge in [-0.1, -0.05) is 38.7 Å². The number of amides is 2. The smallest absolute Gasteiger partial charge is 0.319 e. The monoisotopic (exact) mass is 374 g/mol. The summed E-state index contributed by atoms with van der Waals surface area (Å²) in [6, 6.07) is 5.08. The molecule has 0 aliphatic rings. The van der Waals surface area contributed by atoms with Crippen LogP contribution in [0.4, 0.5) is 10.5 Å². The molecule has 0 saturated heterocycles. The fraction of sp³-hybridized carbons (Fsp3) is 0.562. The highest BCUT2D eigenvalue weighted by atomic mass is 32.2. The second-order valence-corrected chi connectivity index (χ2v) is 8.06. The van der Waals surface area contributed by atoms with Gasteiger partial charge < -0.3 is 10.6 Å². The second kappa shape index (κ2) is 11.3. The van der Waals surface area contributed by atoms with Gasteiger partial charge in [0.1, 0.15) is 0 Å². The van der Waals surface area contributed by atoms with E-state index < -0.39 is 16.1 Å². The van der Waals surface area contributed by atoms with Gasteiger partial charge in [-0.15, -0.1) is 0 Å². The zero-order valence-corrected chi connectivity index (χ0v) is 15.6. The quantitative estimate of drug-likeness (QED) is 0.405. The Labute approximate surface area is 148 Å². The van der Waals surface area contributed by atoms with Crippen LogP contribution in [-0.2, 0) is 10.1 Å². The van der Waals surface area contributed by atoms with Crippen molar-refractivity contribution in [3.8, 4) is 0 Å². The molecule has 0 spiro atoms. The maximum atomic E-state index is 11.7. The second-order valence-electron chi connectivity index (χ2n) is 5.41. The SMILES string of the molecule is CCCCCCCSCCNC(=O)Nc1cccc(S(=O)(=O)O)c1. The number of urea groups is 1. The third kappa shape index (κ3) is 9.14. The molecule has 0 aliphatic heterocycles. The molecule has 0 fully saturated rings. The molecular weight excluding hydrogens is 348 g/mol. The fourth-order valence-corrected chi connectivity index (χ4v) is 3.44. The number of benzene rings is 1. The lowest BCUT2D eigenvalue weighted by molar-refractivity contribution is 0.252. The van der Waals surface area contributed by atoms with Crippen LogP contribution in [-0.4, -0.2) is 37.1 Å². The molecule has 0 aromatic heterocycles. The van der Waals surface area contributed by atoms with E-state index >= 15 is 0 Å². The number of carbonyl (C=O) groups is 1. The largest absolute Gasteiger partial charge is 0.337 e. The summed E-state index contributed by atoms with van der Waals surface area (Å²) in [7, 11) is -4.27. The van der Waals surface area contributed by atoms with Crippen LogP contribution >= 0.6 is 11.8 Å². The van der Waals surface area contributed by atoms with Crippen molar-refractivity contribution in [2.45, 2.75) is 43.9 Å². The molecule has 136 valence electrons. The molecular formula is C16H26N2O4S2. The van der Waals surface area contributed by atoms with E-state index in [-0.39, 0.29) is 4.90 Å². The van der Waals surface area contributed by atoms with E-state index in [0.717, 1.165) is 11.5 Å². The summed E-state index contributed by atoms with van der Waals surface area (Å²) in [5.41, 5.74) is 0.311. The number of anilines is 1. The summed E-state index contributed by atoms with van der Waals surface area (Å²) in [6.45, 7) is 2.74. The molecule has 0 bridgehead atoms. The van der Waals surface area contributed by atoms with Crippen molar-refractivity contribution in [3.05, 3.63) is 24.3 Å². The number of hydrogen-bond acceptors (Lipinski definition) is 4. The van der Waals surface area contributed by atoms with Crippen LogP contribution in [0, 0.1) is 0 Å². The molecule has 1 rings (SSSR count). The highest BCUT2D eigenvalue weighted by molar-refractivity contribution is 7.99. The van der Waals surface area contributed by atoms with Gasteiger partial charge in [0.25, 0.3) is 10.1 Å². The van der Waals surface area contributed by atoms with E-state index in [9.17, 15) is 13.2 Å². The Bertz CT molecular complexity index is 606. The summed E-state index contributed by atoms with van der Waals surface area (Å²) in [5, 5.41) is 5.26. The molecule has 2 amide bonds. The molecule has 0 aliphatic carbocycles. The van der Waals surface area contributed by atoms with E-state index in [1.807, 2.05) is 11.8 Å². The Hall–Kier alpha value is -1.25. The van der Waals surface area contributed by atoms with Crippen molar-refractivity contribution >= 4 is 33.6 Å². The van der Waals surface area contributed by atoms with Crippen LogP contribution in [0.25, 0.3) is 0 Å². The normalized spacial score (nSPS) is 11.2. The molecule has 0 heterocycles. The average Bonchev–Trinajstić information content (AvgIpc) is 2.53. The maximum Gasteiger partial charge on any atom is 0.319 e. The van der Waals surface area contributed by atoms with Gasteiger partial charge in [-0.05, 0) is 30.4 Å². The molecule has 0 radical (unpaired) electrons. The van der Waals surface area contributed by atoms with Gasteiger partial charge >= 0.3 is 6.03 Å². The number of thioether (sulfide) groups is 1. The van der Waals surface area contributed by atoms with Crippen LogP contribution in [0.2, 0.25) is 0 Å². The number of nitrogens with one attached hydrogen (secondary N) is 2. The predicted octanol–water partition coefficient (Wildman–Crippen LogP) is 3.76. The van der Waals surface area contributed by atoms with Crippen LogP contribution < -0.4 is 10.6 Å². The maximum absolute atomic E-state index is 11.7. The van der Waals surface area contributed by atoms with Crippen molar-refractivity contribution in [1.82, 2.24) is 5.32 Å². The molecule has 24 heavy (non-hydrogen) atoms. The molecule has 0 unspecified atom stereocenters. The minimum Gasteiger partial charge on any atom is -0.337 e. The third-order valence-corrected chi connectivity index (χ3v) is 5.23. The summed E-state index contributed by atoms with van der Waals surface area (Å²) in [6.07, 6.45) is 6.31. The van der Waals surface area contributed by atoms with Gasteiger partial charge in [-0.2, -0.15) is 20.2 Å². The number of unbranched alkanes of at least 4 members (excludes halogenated alkanes) is 4. The standard InChI is InChI=1S/C16H26N2O4S2/c1-2-3-4-5-6-11-23-12-10-17-16(19)18-14-8-7-9-15(13-14)24(20,21)22/h7-9,13H,2-6,10-12H2,1H3,(H2,17,18,19)(H,20,21,22). The first kappa shape index (κ1) is 20.8. The van der Waals surface area contributed by atoms with E-state index in [1.165, 1.54) is 50.3 Å². The van der Waals surface area contributed by atoms with Crippen molar-refractivity contribution in [1.29, 1.82) is 0 Å². The average molecular weight is 375 g/mol. The highest BCUT2D eigenvalue weighted by Crippen LogP contribution is 2.15. The molecule has 0 atom stereocenters. The molecule has 6 nitrogen and oxygen atoms in total. The summed E-state index contributed by atoms with van der Waals surface area (Å²) in [5.74, 6) is 1.94. The Morgan fingerprint density at radius 3 is 2.62 bits per heavy atom. The van der Waals surface area contributed by atoms with Gasteiger partial charge in [0.15, 0.2) is 0 Å². The summed E-state index contributed by atoms with van der Waals surface area (Å²) < 4.78 is 31.1. The summed E-state index contributed by atoms with van der Waals surface area (Å²) >= 11 is 1.81. The minimum absolute atomic E-state index is 0.251. The lowest BCUT2D eigenvalue weighted by atomic mass is 10.2. The first-order valence-corrected chi connectivity index (χ1v) is 10.7. The summed E-state index contributed by atoms with van der Waals surface area (Å²) in [4.78, 5) is 11.5. The van der Waals surface area contributed by atoms with Crippen LogP contribution in [0.1, 0.15) is 39.0 Å². The van der Waals surface area contributed by atoms with Crippen LogP contribution in [0.15, 0.2) is 29.2 Å². The molecule has 0 saturated carbocycles. The molecule has 1 aromatic carbocycles. The Morgan fingerprint density at radius 1 is 1.17 bits per heavy atom. The van der Waals surface area contributed by atoms with Crippen LogP contribution in [0.5, 0.6) is 0 Å². The fourth-order valence-electron chi connectivity index (χ4n) is 2.06. The van der Waals surface area contributed by atoms with Crippen molar-refractivity contribution in [2.75, 3.05) is 23.4 Å². The van der Waals surface area contributed by atoms with E-state index in [2.05, 4.69) is 17.6 Å². The van der Waals surface area contributed by atoms with Crippen molar-refractivity contribution < 1.29 is 17.8 Å². The highest BCUT2D eigenvalue weighted by Gasteiger charge is 2.10. The third-order valence-electron chi connectivity index (χ3n) is 3.31. The minimum atomic E-state index is -4.27. The zero-order valence-electron chi connectivity index (χ0n) is 14.0. The van der Waals surface area contributed by atoms with E-state index in [0.29, 0.717) is 12.2 Å². The number of rotatable bonds is 11. The molecule has 8 heteroatoms. The molecule has 1 aromatic rings. The lowest BCUT2D eigenvalue weighted by Crippen LogP contribution is -2.30. The van der Waals surface area contributed by atoms with Gasteiger partial charge in [0, 0.05) is 18.0 Å². The first-order valence-electron chi connectivity index (χ1n) is 8.13. The Balaban J connectivity index is 2.19. The number of carbonyl (C=O) groups excluding carboxylic acids is 1. The Kier molecular flexibility index (Phi) is 9.82.